The molecule has 0 saturated carbocycles. The van der Waals surface area contributed by atoms with Crippen LogP contribution in [0, 0.1) is 0 Å². The second-order valence-corrected chi connectivity index (χ2v) is 5.32. The second-order valence-electron chi connectivity index (χ2n) is 5.32. The largest absolute Gasteiger partial charge is 0.479 e. The summed E-state index contributed by atoms with van der Waals surface area (Å²) in [5.41, 5.74) is 0. The summed E-state index contributed by atoms with van der Waals surface area (Å²) in [5, 5.41) is 84.5. The first-order valence-electron chi connectivity index (χ1n) is 6.99. The Balaban J connectivity index is 0.00000576. The predicted molar refractivity (Wildman–Crippen MR) is 77.1 cm³/mol. The van der Waals surface area contributed by atoms with Crippen LogP contribution in [-0.2, 0) is 14.3 Å². The van der Waals surface area contributed by atoms with E-state index < -0.39 is 74.3 Å². The molecule has 1 rings (SSSR count). The molecule has 0 spiro atoms. The summed E-state index contributed by atoms with van der Waals surface area (Å²) < 4.78 is 9.98. The van der Waals surface area contributed by atoms with Crippen molar-refractivity contribution in [1.29, 1.82) is 0 Å². The minimum Gasteiger partial charge on any atom is -0.479 e. The SMILES string of the molecule is O=C(O)[C@H](O)[C@@H](O)[C@H](O[C@@H]1O[C@H](CO)[C@H](O)[C@H](O)[C@H]1O)[C@H](O)CO.[Ca]. The van der Waals surface area contributed by atoms with Gasteiger partial charge < -0.3 is 55.4 Å². The summed E-state index contributed by atoms with van der Waals surface area (Å²) in [6, 6.07) is 0. The Morgan fingerprint density at radius 3 is 2.04 bits per heavy atom. The molecule has 25 heavy (non-hydrogen) atoms. The number of ether oxygens (including phenoxy) is 2. The van der Waals surface area contributed by atoms with Crippen LogP contribution in [0.3, 0.4) is 0 Å². The van der Waals surface area contributed by atoms with Gasteiger partial charge in [-0.25, -0.2) is 4.79 Å². The Hall–Kier alpha value is 0.330. The molecule has 9 atom stereocenters. The Labute approximate surface area is 171 Å². The molecule has 1 fully saturated rings. The zero-order chi connectivity index (χ0) is 18.6. The number of rotatable bonds is 8. The van der Waals surface area contributed by atoms with Gasteiger partial charge in [0.05, 0.1) is 13.2 Å². The molecule has 0 bridgehead atoms. The Kier molecular flexibility index (Phi) is 11.4. The minimum atomic E-state index is -2.39. The van der Waals surface area contributed by atoms with Crippen LogP contribution < -0.4 is 0 Å². The van der Waals surface area contributed by atoms with Gasteiger partial charge in [-0.05, 0) is 0 Å². The molecular formula is C12H22CaO12. The average molecular weight is 398 g/mol. The molecule has 1 heterocycles. The van der Waals surface area contributed by atoms with Gasteiger partial charge in [0.15, 0.2) is 12.4 Å². The summed E-state index contributed by atoms with van der Waals surface area (Å²) in [6.07, 6.45) is -16.9. The van der Waals surface area contributed by atoms with E-state index >= 15 is 0 Å². The third-order valence-corrected chi connectivity index (χ3v) is 3.62. The fourth-order valence-electron chi connectivity index (χ4n) is 2.16. The van der Waals surface area contributed by atoms with Crippen LogP contribution >= 0.6 is 0 Å². The zero-order valence-corrected chi connectivity index (χ0v) is 15.3. The van der Waals surface area contributed by atoms with Gasteiger partial charge >= 0.3 is 5.97 Å². The normalized spacial score (nSPS) is 34.5. The van der Waals surface area contributed by atoms with Crippen LogP contribution in [-0.4, -0.2) is 158 Å². The smallest absolute Gasteiger partial charge is 0.335 e. The third-order valence-electron chi connectivity index (χ3n) is 3.62. The fourth-order valence-corrected chi connectivity index (χ4v) is 2.16. The van der Waals surface area contributed by atoms with Gasteiger partial charge in [-0.2, -0.15) is 0 Å². The Morgan fingerprint density at radius 1 is 1.04 bits per heavy atom. The number of carboxylic acid groups (broad SMARTS) is 1. The first-order valence-corrected chi connectivity index (χ1v) is 6.99. The number of hydrogen-bond acceptors (Lipinski definition) is 11. The Bertz CT molecular complexity index is 410. The maximum absolute atomic E-state index is 10.7. The van der Waals surface area contributed by atoms with Crippen molar-refractivity contribution in [2.75, 3.05) is 13.2 Å². The number of carbonyl (C=O) groups is 1. The van der Waals surface area contributed by atoms with E-state index in [1.165, 1.54) is 0 Å². The van der Waals surface area contributed by atoms with Crippen molar-refractivity contribution in [1.82, 2.24) is 0 Å². The first kappa shape index (κ1) is 25.3. The summed E-state index contributed by atoms with van der Waals surface area (Å²) in [7, 11) is 0. The van der Waals surface area contributed by atoms with E-state index in [0.717, 1.165) is 0 Å². The van der Waals surface area contributed by atoms with Crippen LogP contribution in [0.1, 0.15) is 0 Å². The zero-order valence-electron chi connectivity index (χ0n) is 13.1. The van der Waals surface area contributed by atoms with Crippen molar-refractivity contribution in [2.45, 2.75) is 55.1 Å². The average Bonchev–Trinajstić information content (AvgIpc) is 2.57. The van der Waals surface area contributed by atoms with Gasteiger partial charge in [-0.3, -0.25) is 0 Å². The number of hydrogen-bond donors (Lipinski definition) is 9. The molecule has 12 nitrogen and oxygen atoms in total. The van der Waals surface area contributed by atoms with Gasteiger partial charge in [0, 0.05) is 37.7 Å². The minimum absolute atomic E-state index is 0. The molecule has 9 N–H and O–H groups in total. The fraction of sp³-hybridized carbons (Fsp3) is 0.917. The summed E-state index contributed by atoms with van der Waals surface area (Å²) in [6.45, 7) is -1.76. The van der Waals surface area contributed by atoms with E-state index in [1.54, 1.807) is 0 Å². The molecule has 1 aliphatic rings. The molecule has 1 saturated heterocycles. The third kappa shape index (κ3) is 6.17. The van der Waals surface area contributed by atoms with Gasteiger partial charge in [0.1, 0.15) is 42.7 Å². The van der Waals surface area contributed by atoms with Crippen LogP contribution in [0.4, 0.5) is 0 Å². The molecule has 0 aliphatic carbocycles. The van der Waals surface area contributed by atoms with Crippen LogP contribution in [0.2, 0.25) is 0 Å². The summed E-state index contributed by atoms with van der Waals surface area (Å²) in [5.74, 6) is -1.84. The molecule has 0 amide bonds. The van der Waals surface area contributed by atoms with Gasteiger partial charge in [0.2, 0.25) is 0 Å². The van der Waals surface area contributed by atoms with Crippen molar-refractivity contribution in [3.8, 4) is 0 Å². The molecule has 13 heteroatoms. The molecule has 0 aromatic rings. The van der Waals surface area contributed by atoms with E-state index in [0.29, 0.717) is 0 Å². The molecule has 0 aromatic carbocycles. The van der Waals surface area contributed by atoms with E-state index in [1.807, 2.05) is 0 Å². The quantitative estimate of drug-likeness (QED) is 0.175. The summed E-state index contributed by atoms with van der Waals surface area (Å²) >= 11 is 0. The van der Waals surface area contributed by atoms with E-state index in [9.17, 15) is 35.4 Å². The topological polar surface area (TPSA) is 218 Å². The maximum Gasteiger partial charge on any atom is 0.335 e. The second kappa shape index (κ2) is 11.2. The number of carboxylic acids is 1. The molecule has 0 unspecified atom stereocenters. The van der Waals surface area contributed by atoms with Crippen molar-refractivity contribution < 1.29 is 60.2 Å². The van der Waals surface area contributed by atoms with Crippen LogP contribution in [0.5, 0.6) is 0 Å². The molecule has 1 aliphatic heterocycles. The van der Waals surface area contributed by atoms with Crippen LogP contribution in [0.25, 0.3) is 0 Å². The van der Waals surface area contributed by atoms with Crippen molar-refractivity contribution in [2.24, 2.45) is 0 Å². The Morgan fingerprint density at radius 2 is 1.60 bits per heavy atom. The molecular weight excluding hydrogens is 376 g/mol. The first-order chi connectivity index (χ1) is 11.1. The monoisotopic (exact) mass is 398 g/mol. The van der Waals surface area contributed by atoms with E-state index in [-0.39, 0.29) is 37.7 Å². The van der Waals surface area contributed by atoms with E-state index in [2.05, 4.69) is 0 Å². The number of aliphatic hydroxyl groups is 8. The molecule has 2 radical (unpaired) electrons. The van der Waals surface area contributed by atoms with Gasteiger partial charge in [-0.15, -0.1) is 0 Å². The number of aliphatic hydroxyl groups excluding tert-OH is 8. The van der Waals surface area contributed by atoms with Crippen molar-refractivity contribution in [3.63, 3.8) is 0 Å². The van der Waals surface area contributed by atoms with Gasteiger partial charge in [0.25, 0.3) is 0 Å². The summed E-state index contributed by atoms with van der Waals surface area (Å²) in [4.78, 5) is 10.7. The molecule has 144 valence electrons. The van der Waals surface area contributed by atoms with Crippen molar-refractivity contribution >= 4 is 43.7 Å². The molecule has 0 aromatic heterocycles. The van der Waals surface area contributed by atoms with Crippen molar-refractivity contribution in [3.05, 3.63) is 0 Å². The predicted octanol–water partition coefficient (Wildman–Crippen LogP) is -6.05. The standard InChI is InChI=1S/C12H22O12.Ca/c13-1-3(15)10(7(18)8(19)11(21)22)24-12-9(20)6(17)5(16)4(2-14)23-12;/h3-10,12-20H,1-2H2,(H,21,22);/t3-,4-,5+,6+,7-,8-,9-,10-,12+;/m1./s1. The van der Waals surface area contributed by atoms with E-state index in [4.69, 9.17) is 24.8 Å². The van der Waals surface area contributed by atoms with Gasteiger partial charge in [-0.1, -0.05) is 0 Å². The maximum atomic E-state index is 10.7. The van der Waals surface area contributed by atoms with Crippen LogP contribution in [0.15, 0.2) is 0 Å². The number of aliphatic carboxylic acids is 1.